The molecule has 0 aliphatic heterocycles. The third-order valence-corrected chi connectivity index (χ3v) is 5.58. The van der Waals surface area contributed by atoms with E-state index in [4.69, 9.17) is 11.6 Å². The van der Waals surface area contributed by atoms with Gasteiger partial charge in [0.05, 0.1) is 11.7 Å². The lowest BCUT2D eigenvalue weighted by atomic mass is 9.79. The highest BCUT2D eigenvalue weighted by Crippen LogP contribution is 2.33. The molecule has 2 aromatic rings. The Morgan fingerprint density at radius 3 is 1.93 bits per heavy atom. The zero-order chi connectivity index (χ0) is 19.6. The summed E-state index contributed by atoms with van der Waals surface area (Å²) in [7, 11) is 0. The molecule has 0 radical (unpaired) electrons. The van der Waals surface area contributed by atoms with Crippen molar-refractivity contribution in [2.45, 2.75) is 51.9 Å². The minimum atomic E-state index is -0.474. The molecule has 2 aromatic carbocycles. The van der Waals surface area contributed by atoms with Gasteiger partial charge < -0.3 is 0 Å². The Kier molecular flexibility index (Phi) is 9.20. The van der Waals surface area contributed by atoms with Gasteiger partial charge in [-0.25, -0.2) is 8.78 Å². The van der Waals surface area contributed by atoms with Crippen molar-refractivity contribution in [2.75, 3.05) is 6.67 Å². The highest BCUT2D eigenvalue weighted by atomic mass is 35.5. The van der Waals surface area contributed by atoms with Crippen LogP contribution in [0.2, 0.25) is 5.02 Å². The maximum atomic E-state index is 13.1. The molecule has 0 aromatic heterocycles. The molecule has 4 heteroatoms. The molecule has 148 valence electrons. The first-order valence-corrected chi connectivity index (χ1v) is 10.2. The van der Waals surface area contributed by atoms with Crippen molar-refractivity contribution in [3.05, 3.63) is 59.1 Å². The van der Waals surface area contributed by atoms with E-state index < -0.39 is 5.82 Å². The first kappa shape index (κ1) is 21.8. The van der Waals surface area contributed by atoms with Crippen molar-refractivity contribution in [1.82, 2.24) is 0 Å². The summed E-state index contributed by atoms with van der Waals surface area (Å²) in [6.07, 6.45) is 8.82. The molecule has 1 fully saturated rings. The smallest absolute Gasteiger partial charge is 0.142 e. The van der Waals surface area contributed by atoms with Gasteiger partial charge >= 0.3 is 0 Å². The molecule has 0 saturated heterocycles. The molecule has 3 rings (SSSR count). The number of halogens is 4. The molecule has 1 saturated carbocycles. The SMILES string of the molecule is CCCC1CCC(CCF)CC1.Fc1ccc(-c2ccc(Cl)c(F)c2)cc1. The van der Waals surface area contributed by atoms with Gasteiger partial charge in [0.2, 0.25) is 0 Å². The zero-order valence-electron chi connectivity index (χ0n) is 15.9. The Morgan fingerprint density at radius 2 is 1.41 bits per heavy atom. The second-order valence-electron chi connectivity index (χ2n) is 7.29. The molecule has 0 atom stereocenters. The van der Waals surface area contributed by atoms with Crippen molar-refractivity contribution in [3.63, 3.8) is 0 Å². The molecule has 0 nitrogen and oxygen atoms in total. The number of alkyl halides is 1. The molecule has 0 spiro atoms. The quantitative estimate of drug-likeness (QED) is 0.477. The summed E-state index contributed by atoms with van der Waals surface area (Å²) in [6, 6.07) is 10.4. The van der Waals surface area contributed by atoms with Crippen molar-refractivity contribution < 1.29 is 13.2 Å². The van der Waals surface area contributed by atoms with E-state index in [9.17, 15) is 13.2 Å². The normalized spacial score (nSPS) is 19.3. The highest BCUT2D eigenvalue weighted by Gasteiger charge is 2.19. The molecule has 27 heavy (non-hydrogen) atoms. The Balaban J connectivity index is 0.000000199. The molecular weight excluding hydrogens is 369 g/mol. The molecule has 0 bridgehead atoms. The largest absolute Gasteiger partial charge is 0.251 e. The van der Waals surface area contributed by atoms with Crippen LogP contribution in [0.15, 0.2) is 42.5 Å². The van der Waals surface area contributed by atoms with E-state index in [1.807, 2.05) is 0 Å². The fourth-order valence-corrected chi connectivity index (χ4v) is 3.81. The summed E-state index contributed by atoms with van der Waals surface area (Å²) < 4.78 is 37.8. The Labute approximate surface area is 165 Å². The van der Waals surface area contributed by atoms with Crippen LogP contribution in [-0.4, -0.2) is 6.67 Å². The number of hydrogen-bond donors (Lipinski definition) is 0. The topological polar surface area (TPSA) is 0 Å². The van der Waals surface area contributed by atoms with Crippen LogP contribution in [0.4, 0.5) is 13.2 Å². The first-order valence-electron chi connectivity index (χ1n) is 9.80. The van der Waals surface area contributed by atoms with Gasteiger partial charge in [-0.15, -0.1) is 0 Å². The first-order chi connectivity index (χ1) is 13.0. The Hall–Kier alpha value is -1.48. The van der Waals surface area contributed by atoms with Crippen LogP contribution in [0.25, 0.3) is 11.1 Å². The van der Waals surface area contributed by atoms with Crippen molar-refractivity contribution in [2.24, 2.45) is 11.8 Å². The summed E-state index contributed by atoms with van der Waals surface area (Å²) in [6.45, 7) is 2.15. The monoisotopic (exact) mass is 396 g/mol. The van der Waals surface area contributed by atoms with Crippen molar-refractivity contribution in [3.8, 4) is 11.1 Å². The minimum Gasteiger partial charge on any atom is -0.251 e. The molecule has 1 aliphatic rings. The van der Waals surface area contributed by atoms with Crippen LogP contribution in [0.5, 0.6) is 0 Å². The summed E-state index contributed by atoms with van der Waals surface area (Å²) >= 11 is 5.56. The van der Waals surface area contributed by atoms with Crippen LogP contribution >= 0.6 is 11.6 Å². The van der Waals surface area contributed by atoms with Gasteiger partial charge in [-0.2, -0.15) is 0 Å². The zero-order valence-corrected chi connectivity index (χ0v) is 16.6. The van der Waals surface area contributed by atoms with Gasteiger partial charge in [-0.1, -0.05) is 75.2 Å². The van der Waals surface area contributed by atoms with Gasteiger partial charge in [0, 0.05) is 0 Å². The lowest BCUT2D eigenvalue weighted by Gasteiger charge is -2.27. The second-order valence-corrected chi connectivity index (χ2v) is 7.70. The van der Waals surface area contributed by atoms with Gasteiger partial charge in [0.1, 0.15) is 11.6 Å². The third-order valence-electron chi connectivity index (χ3n) is 5.28. The van der Waals surface area contributed by atoms with E-state index >= 15 is 0 Å². The van der Waals surface area contributed by atoms with E-state index in [-0.39, 0.29) is 17.5 Å². The Bertz CT molecular complexity index is 663. The minimum absolute atomic E-state index is 0.0841. The van der Waals surface area contributed by atoms with Crippen LogP contribution < -0.4 is 0 Å². The number of rotatable bonds is 5. The van der Waals surface area contributed by atoms with Gasteiger partial charge in [-0.05, 0) is 53.6 Å². The predicted octanol–water partition coefficient (Wildman–Crippen LogP) is 8.24. The number of benzene rings is 2. The average Bonchev–Trinajstić information content (AvgIpc) is 2.67. The lowest BCUT2D eigenvalue weighted by Crippen LogP contribution is -2.14. The molecule has 0 N–H and O–H groups in total. The summed E-state index contributed by atoms with van der Waals surface area (Å²) in [5, 5.41) is 0.0841. The van der Waals surface area contributed by atoms with Crippen LogP contribution in [0, 0.1) is 23.5 Å². The standard InChI is InChI=1S/C12H7ClF2.C11H21F/c13-11-6-3-9(7-12(11)15)8-1-4-10(14)5-2-8;1-2-3-10-4-6-11(7-5-10)8-9-12/h1-7H;10-11H,2-9H2,1H3. The van der Waals surface area contributed by atoms with Crippen LogP contribution in [0.1, 0.15) is 51.9 Å². The van der Waals surface area contributed by atoms with E-state index in [1.54, 1.807) is 18.2 Å². The van der Waals surface area contributed by atoms with Crippen LogP contribution in [0.3, 0.4) is 0 Å². The predicted molar refractivity (Wildman–Crippen MR) is 108 cm³/mol. The maximum Gasteiger partial charge on any atom is 0.142 e. The fraction of sp³-hybridized carbons (Fsp3) is 0.478. The number of hydrogen-bond acceptors (Lipinski definition) is 0. The van der Waals surface area contributed by atoms with Crippen LogP contribution in [-0.2, 0) is 0 Å². The lowest BCUT2D eigenvalue weighted by molar-refractivity contribution is 0.238. The molecule has 0 amide bonds. The van der Waals surface area contributed by atoms with Crippen molar-refractivity contribution >= 4 is 11.6 Å². The maximum absolute atomic E-state index is 13.1. The Morgan fingerprint density at radius 1 is 0.852 bits per heavy atom. The van der Waals surface area contributed by atoms with Gasteiger partial charge in [0.15, 0.2) is 0 Å². The van der Waals surface area contributed by atoms with E-state index in [2.05, 4.69) is 6.92 Å². The van der Waals surface area contributed by atoms with Gasteiger partial charge in [-0.3, -0.25) is 4.39 Å². The third kappa shape index (κ3) is 7.21. The summed E-state index contributed by atoms with van der Waals surface area (Å²) in [5.41, 5.74) is 1.43. The summed E-state index contributed by atoms with van der Waals surface area (Å²) in [4.78, 5) is 0. The second kappa shape index (κ2) is 11.4. The van der Waals surface area contributed by atoms with E-state index in [1.165, 1.54) is 62.8 Å². The fourth-order valence-electron chi connectivity index (χ4n) is 3.69. The molecule has 0 unspecified atom stereocenters. The van der Waals surface area contributed by atoms with Crippen molar-refractivity contribution in [1.29, 1.82) is 0 Å². The summed E-state index contributed by atoms with van der Waals surface area (Å²) in [5.74, 6) is 0.889. The molecule has 0 heterocycles. The average molecular weight is 397 g/mol. The molecular formula is C23H28ClF3. The highest BCUT2D eigenvalue weighted by molar-refractivity contribution is 6.30. The van der Waals surface area contributed by atoms with E-state index in [0.717, 1.165) is 17.9 Å². The van der Waals surface area contributed by atoms with Gasteiger partial charge in [0.25, 0.3) is 0 Å². The van der Waals surface area contributed by atoms with E-state index in [0.29, 0.717) is 11.5 Å². The molecule has 1 aliphatic carbocycles.